The monoisotopic (exact) mass is 168 g/mol. The smallest absolute Gasteiger partial charge is 0.372 e. The number of carbonyl (C=O) groups excluding carboxylic acids is 1. The van der Waals surface area contributed by atoms with Crippen molar-refractivity contribution in [1.29, 1.82) is 0 Å². The van der Waals surface area contributed by atoms with Gasteiger partial charge in [0.1, 0.15) is 0 Å². The Labute approximate surface area is 61.6 Å². The molecule has 0 aromatic carbocycles. The second kappa shape index (κ2) is 4.76. The van der Waals surface area contributed by atoms with Crippen molar-refractivity contribution in [2.24, 2.45) is 0 Å². The van der Waals surface area contributed by atoms with Crippen molar-refractivity contribution >= 4 is 5.97 Å². The third-order valence-corrected chi connectivity index (χ3v) is 0.782. The molecule has 2 nitrogen and oxygen atoms in total. The van der Waals surface area contributed by atoms with Crippen LogP contribution in [0.25, 0.3) is 0 Å². The van der Waals surface area contributed by atoms with Crippen molar-refractivity contribution < 1.29 is 22.7 Å². The number of ether oxygens (including phenoxy) is 1. The molecule has 0 saturated heterocycles. The molecule has 0 radical (unpaired) electrons. The lowest BCUT2D eigenvalue weighted by molar-refractivity contribution is -0.141. The summed E-state index contributed by atoms with van der Waals surface area (Å²) in [6.07, 6.45) is -2.18. The highest BCUT2D eigenvalue weighted by Crippen LogP contribution is 2.10. The lowest BCUT2D eigenvalue weighted by Gasteiger charge is -1.98. The van der Waals surface area contributed by atoms with E-state index in [9.17, 15) is 18.0 Å². The fourth-order valence-corrected chi connectivity index (χ4v) is 0.335. The van der Waals surface area contributed by atoms with Crippen LogP contribution in [-0.4, -0.2) is 12.6 Å². The SMILES string of the molecule is CCCOC(=O)C(F)=C(F)F. The van der Waals surface area contributed by atoms with Gasteiger partial charge in [-0.3, -0.25) is 0 Å². The van der Waals surface area contributed by atoms with Crippen LogP contribution in [0.4, 0.5) is 13.2 Å². The first-order valence-electron chi connectivity index (χ1n) is 2.97. The molecule has 0 saturated carbocycles. The summed E-state index contributed by atoms with van der Waals surface area (Å²) in [4.78, 5) is 10.2. The van der Waals surface area contributed by atoms with E-state index >= 15 is 0 Å². The van der Waals surface area contributed by atoms with Crippen LogP contribution in [0.2, 0.25) is 0 Å². The Balaban J connectivity index is 3.95. The molecule has 0 N–H and O–H groups in total. The number of hydrogen-bond donors (Lipinski definition) is 0. The molecule has 0 aromatic rings. The van der Waals surface area contributed by atoms with Gasteiger partial charge in [0, 0.05) is 0 Å². The van der Waals surface area contributed by atoms with Crippen molar-refractivity contribution in [3.05, 3.63) is 11.9 Å². The minimum absolute atomic E-state index is 0.0560. The first-order valence-corrected chi connectivity index (χ1v) is 2.97. The van der Waals surface area contributed by atoms with Gasteiger partial charge in [-0.25, -0.2) is 4.79 Å². The average molecular weight is 168 g/mol. The predicted molar refractivity (Wildman–Crippen MR) is 31.6 cm³/mol. The van der Waals surface area contributed by atoms with Crippen molar-refractivity contribution in [3.63, 3.8) is 0 Å². The molecule has 64 valence electrons. The van der Waals surface area contributed by atoms with Crippen LogP contribution in [0.3, 0.4) is 0 Å². The van der Waals surface area contributed by atoms with E-state index in [1.807, 2.05) is 0 Å². The summed E-state index contributed by atoms with van der Waals surface area (Å²) in [5.74, 6) is -3.72. The van der Waals surface area contributed by atoms with Crippen LogP contribution < -0.4 is 0 Å². The Morgan fingerprint density at radius 3 is 2.27 bits per heavy atom. The van der Waals surface area contributed by atoms with E-state index in [4.69, 9.17) is 0 Å². The molecule has 5 heteroatoms. The zero-order valence-electron chi connectivity index (χ0n) is 5.86. The number of carbonyl (C=O) groups is 1. The molecule has 0 fully saturated rings. The van der Waals surface area contributed by atoms with Gasteiger partial charge in [-0.2, -0.15) is 13.2 Å². The van der Waals surface area contributed by atoms with Gasteiger partial charge in [0.2, 0.25) is 0 Å². The molecule has 0 atom stereocenters. The molecule has 0 aliphatic heterocycles. The largest absolute Gasteiger partial charge is 0.460 e. The normalized spacial score (nSPS) is 9.09. The summed E-state index contributed by atoms with van der Waals surface area (Å²) in [7, 11) is 0. The highest BCUT2D eigenvalue weighted by Gasteiger charge is 2.16. The maximum Gasteiger partial charge on any atom is 0.372 e. The summed E-state index contributed by atoms with van der Waals surface area (Å²) in [6.45, 7) is 1.61. The first-order chi connectivity index (χ1) is 5.09. The standard InChI is InChI=1S/C6H7F3O2/c1-2-3-11-6(10)4(7)5(8)9/h2-3H2,1H3. The number of hydrogen-bond acceptors (Lipinski definition) is 2. The lowest BCUT2D eigenvalue weighted by atomic mass is 10.5. The van der Waals surface area contributed by atoms with E-state index in [0.717, 1.165) is 0 Å². The molecule has 0 aliphatic rings. The quantitative estimate of drug-likeness (QED) is 0.476. The zero-order valence-corrected chi connectivity index (χ0v) is 5.86. The second-order valence-electron chi connectivity index (χ2n) is 1.71. The summed E-state index contributed by atoms with van der Waals surface area (Å²) in [5.41, 5.74) is 0. The van der Waals surface area contributed by atoms with E-state index in [1.54, 1.807) is 6.92 Å². The van der Waals surface area contributed by atoms with E-state index in [-0.39, 0.29) is 6.61 Å². The minimum Gasteiger partial charge on any atom is -0.460 e. The fraction of sp³-hybridized carbons (Fsp3) is 0.500. The van der Waals surface area contributed by atoms with E-state index in [2.05, 4.69) is 4.74 Å². The molecular formula is C6H7F3O2. The van der Waals surface area contributed by atoms with E-state index in [1.165, 1.54) is 0 Å². The molecule has 0 aromatic heterocycles. The van der Waals surface area contributed by atoms with Crippen LogP contribution >= 0.6 is 0 Å². The van der Waals surface area contributed by atoms with Crippen LogP contribution in [0, 0.1) is 0 Å². The minimum atomic E-state index is -2.65. The highest BCUT2D eigenvalue weighted by molar-refractivity contribution is 5.86. The Bertz CT molecular complexity index is 173. The summed E-state index contributed by atoms with van der Waals surface area (Å²) in [6, 6.07) is 0. The topological polar surface area (TPSA) is 26.3 Å². The molecule has 0 spiro atoms. The van der Waals surface area contributed by atoms with E-state index in [0.29, 0.717) is 6.42 Å². The van der Waals surface area contributed by atoms with Gasteiger partial charge in [-0.15, -0.1) is 0 Å². The molecular weight excluding hydrogens is 161 g/mol. The third-order valence-electron chi connectivity index (χ3n) is 0.782. The van der Waals surface area contributed by atoms with Gasteiger partial charge in [-0.1, -0.05) is 6.92 Å². The van der Waals surface area contributed by atoms with Gasteiger partial charge in [-0.05, 0) is 6.42 Å². The molecule has 0 bridgehead atoms. The van der Waals surface area contributed by atoms with Gasteiger partial charge < -0.3 is 4.74 Å². The third kappa shape index (κ3) is 3.64. The maximum atomic E-state index is 11.9. The Hall–Kier alpha value is -1.00. The second-order valence-corrected chi connectivity index (χ2v) is 1.71. The van der Waals surface area contributed by atoms with Crippen LogP contribution in [0.1, 0.15) is 13.3 Å². The Kier molecular flexibility index (Phi) is 4.33. The predicted octanol–water partition coefficient (Wildman–Crippen LogP) is 2.02. The summed E-state index contributed by atoms with van der Waals surface area (Å²) >= 11 is 0. The lowest BCUT2D eigenvalue weighted by Crippen LogP contribution is -2.06. The van der Waals surface area contributed by atoms with Crippen molar-refractivity contribution in [3.8, 4) is 0 Å². The fourth-order valence-electron chi connectivity index (χ4n) is 0.335. The molecule has 0 heterocycles. The molecule has 11 heavy (non-hydrogen) atoms. The summed E-state index contributed by atoms with van der Waals surface area (Å²) < 4.78 is 38.6. The average Bonchev–Trinajstić information content (AvgIpc) is 1.98. The van der Waals surface area contributed by atoms with Gasteiger partial charge in [0.05, 0.1) is 6.61 Å². The van der Waals surface area contributed by atoms with Gasteiger partial charge in [0.25, 0.3) is 5.83 Å². The summed E-state index contributed by atoms with van der Waals surface area (Å²) in [5, 5.41) is 0. The molecule has 0 aliphatic carbocycles. The van der Waals surface area contributed by atoms with Crippen LogP contribution in [0.15, 0.2) is 11.9 Å². The molecule has 0 rings (SSSR count). The van der Waals surface area contributed by atoms with E-state index < -0.39 is 17.9 Å². The first kappa shape index (κ1) is 10.0. The van der Waals surface area contributed by atoms with Crippen LogP contribution in [0.5, 0.6) is 0 Å². The zero-order chi connectivity index (χ0) is 8.85. The van der Waals surface area contributed by atoms with Gasteiger partial charge >= 0.3 is 12.0 Å². The highest BCUT2D eigenvalue weighted by atomic mass is 19.3. The number of esters is 1. The number of halogens is 3. The van der Waals surface area contributed by atoms with Crippen LogP contribution in [-0.2, 0) is 9.53 Å². The van der Waals surface area contributed by atoms with Gasteiger partial charge in [0.15, 0.2) is 0 Å². The molecule has 0 unspecified atom stereocenters. The Morgan fingerprint density at radius 2 is 1.91 bits per heavy atom. The van der Waals surface area contributed by atoms with Crippen molar-refractivity contribution in [2.45, 2.75) is 13.3 Å². The van der Waals surface area contributed by atoms with Crippen molar-refractivity contribution in [1.82, 2.24) is 0 Å². The maximum absolute atomic E-state index is 11.9. The van der Waals surface area contributed by atoms with Crippen molar-refractivity contribution in [2.75, 3.05) is 6.61 Å². The number of rotatable bonds is 3. The Morgan fingerprint density at radius 1 is 1.36 bits per heavy atom. The molecule has 0 amide bonds.